The summed E-state index contributed by atoms with van der Waals surface area (Å²) >= 11 is 0. The lowest BCUT2D eigenvalue weighted by Gasteiger charge is -2.34. The van der Waals surface area contributed by atoms with Crippen LogP contribution in [0, 0.1) is 11.8 Å². The monoisotopic (exact) mass is 345 g/mol. The first kappa shape index (κ1) is 17.3. The van der Waals surface area contributed by atoms with Crippen LogP contribution in [-0.4, -0.2) is 60.8 Å². The van der Waals surface area contributed by atoms with Crippen LogP contribution < -0.4 is 10.1 Å². The largest absolute Gasteiger partial charge is 0.495 e. The average molecular weight is 345 g/mol. The van der Waals surface area contributed by atoms with E-state index >= 15 is 0 Å². The zero-order chi connectivity index (χ0) is 18.0. The molecule has 3 rings (SSSR count). The summed E-state index contributed by atoms with van der Waals surface area (Å²) in [5, 5.41) is 2.85. The predicted octanol–water partition coefficient (Wildman–Crippen LogP) is 0.960. The van der Waals surface area contributed by atoms with Crippen LogP contribution in [-0.2, 0) is 14.4 Å². The Morgan fingerprint density at radius 3 is 2.32 bits per heavy atom. The molecule has 0 bridgehead atoms. The van der Waals surface area contributed by atoms with E-state index in [4.69, 9.17) is 4.74 Å². The van der Waals surface area contributed by atoms with E-state index in [-0.39, 0.29) is 29.6 Å². The van der Waals surface area contributed by atoms with E-state index in [0.717, 1.165) is 0 Å². The number of benzene rings is 1. The summed E-state index contributed by atoms with van der Waals surface area (Å²) in [5.74, 6) is -0.0391. The molecule has 1 saturated carbocycles. The first-order valence-electron chi connectivity index (χ1n) is 8.49. The van der Waals surface area contributed by atoms with Gasteiger partial charge in [0.2, 0.25) is 17.7 Å². The highest BCUT2D eigenvalue weighted by molar-refractivity contribution is 6.00. The number of nitrogens with one attached hydrogen (secondary N) is 1. The molecule has 0 radical (unpaired) electrons. The molecule has 1 saturated heterocycles. The molecule has 1 aliphatic carbocycles. The van der Waals surface area contributed by atoms with Crippen molar-refractivity contribution < 1.29 is 19.1 Å². The van der Waals surface area contributed by atoms with Crippen LogP contribution in [0.4, 0.5) is 5.69 Å². The minimum atomic E-state index is -0.289. The third kappa shape index (κ3) is 3.75. The lowest BCUT2D eigenvalue weighted by Crippen LogP contribution is -2.50. The van der Waals surface area contributed by atoms with E-state index in [1.165, 1.54) is 6.92 Å². The van der Waals surface area contributed by atoms with Gasteiger partial charge in [0.1, 0.15) is 5.75 Å². The number of methoxy groups -OCH3 is 1. The summed E-state index contributed by atoms with van der Waals surface area (Å²) in [6.45, 7) is 3.74. The highest BCUT2D eigenvalue weighted by Crippen LogP contribution is 2.41. The van der Waals surface area contributed by atoms with Crippen molar-refractivity contribution in [2.75, 3.05) is 38.6 Å². The normalized spacial score (nSPS) is 22.3. The topological polar surface area (TPSA) is 79.0 Å². The van der Waals surface area contributed by atoms with Crippen molar-refractivity contribution in [1.82, 2.24) is 9.80 Å². The smallest absolute Gasteiger partial charge is 0.228 e. The van der Waals surface area contributed by atoms with E-state index in [9.17, 15) is 14.4 Å². The Bertz CT molecular complexity index is 683. The molecule has 1 aromatic carbocycles. The van der Waals surface area contributed by atoms with Crippen molar-refractivity contribution in [3.63, 3.8) is 0 Å². The second kappa shape index (κ2) is 7.13. The lowest BCUT2D eigenvalue weighted by atomic mass is 10.2. The maximum atomic E-state index is 12.5. The molecule has 2 unspecified atom stereocenters. The van der Waals surface area contributed by atoms with E-state index in [0.29, 0.717) is 44.0 Å². The van der Waals surface area contributed by atoms with Gasteiger partial charge in [-0.25, -0.2) is 0 Å². The fourth-order valence-corrected chi connectivity index (χ4v) is 3.21. The second-order valence-electron chi connectivity index (χ2n) is 6.47. The van der Waals surface area contributed by atoms with Crippen molar-refractivity contribution in [1.29, 1.82) is 0 Å². The number of piperazine rings is 1. The van der Waals surface area contributed by atoms with Crippen LogP contribution in [0.3, 0.4) is 0 Å². The summed E-state index contributed by atoms with van der Waals surface area (Å²) in [4.78, 5) is 39.8. The highest BCUT2D eigenvalue weighted by Gasteiger charge is 2.49. The average Bonchev–Trinajstić information content (AvgIpc) is 3.42. The lowest BCUT2D eigenvalue weighted by molar-refractivity contribution is -0.139. The van der Waals surface area contributed by atoms with Crippen LogP contribution >= 0.6 is 0 Å². The SMILES string of the molecule is COc1ccccc1NC(=O)C1CC1C(=O)N1CCN(C(C)=O)CC1. The Morgan fingerprint density at radius 2 is 1.68 bits per heavy atom. The van der Waals surface area contributed by atoms with Crippen molar-refractivity contribution in [3.8, 4) is 5.75 Å². The van der Waals surface area contributed by atoms with Gasteiger partial charge < -0.3 is 19.9 Å². The molecule has 0 aromatic heterocycles. The minimum absolute atomic E-state index is 0.0170. The maximum absolute atomic E-state index is 12.5. The Hall–Kier alpha value is -2.57. The number of nitrogens with zero attached hydrogens (tertiary/aromatic N) is 2. The van der Waals surface area contributed by atoms with Gasteiger partial charge in [-0.05, 0) is 18.6 Å². The van der Waals surface area contributed by atoms with Crippen molar-refractivity contribution in [2.45, 2.75) is 13.3 Å². The third-order valence-electron chi connectivity index (χ3n) is 4.85. The molecule has 7 nitrogen and oxygen atoms in total. The van der Waals surface area contributed by atoms with Crippen molar-refractivity contribution in [2.24, 2.45) is 11.8 Å². The molecule has 2 aliphatic rings. The van der Waals surface area contributed by atoms with E-state index in [1.54, 1.807) is 29.0 Å². The minimum Gasteiger partial charge on any atom is -0.495 e. The fourth-order valence-electron chi connectivity index (χ4n) is 3.21. The molecular formula is C18H23N3O4. The molecular weight excluding hydrogens is 322 g/mol. The number of carbonyl (C=O) groups excluding carboxylic acids is 3. The molecule has 7 heteroatoms. The van der Waals surface area contributed by atoms with Crippen LogP contribution in [0.15, 0.2) is 24.3 Å². The van der Waals surface area contributed by atoms with Gasteiger partial charge in [0.15, 0.2) is 0 Å². The van der Waals surface area contributed by atoms with Crippen molar-refractivity contribution >= 4 is 23.4 Å². The Kier molecular flexibility index (Phi) is 4.92. The highest BCUT2D eigenvalue weighted by atomic mass is 16.5. The van der Waals surface area contributed by atoms with E-state index in [1.807, 2.05) is 12.1 Å². The Balaban J connectivity index is 1.53. The molecule has 25 heavy (non-hydrogen) atoms. The summed E-state index contributed by atoms with van der Waals surface area (Å²) in [6, 6.07) is 7.21. The predicted molar refractivity (Wildman–Crippen MR) is 92.1 cm³/mol. The van der Waals surface area contributed by atoms with Gasteiger partial charge in [0, 0.05) is 33.1 Å². The number of amides is 3. The van der Waals surface area contributed by atoms with E-state index < -0.39 is 0 Å². The molecule has 3 amide bonds. The van der Waals surface area contributed by atoms with E-state index in [2.05, 4.69) is 5.32 Å². The quantitative estimate of drug-likeness (QED) is 0.882. The van der Waals surface area contributed by atoms with Gasteiger partial charge in [-0.3, -0.25) is 14.4 Å². The van der Waals surface area contributed by atoms with Gasteiger partial charge >= 0.3 is 0 Å². The van der Waals surface area contributed by atoms with Gasteiger partial charge in [-0.1, -0.05) is 12.1 Å². The Morgan fingerprint density at radius 1 is 1.04 bits per heavy atom. The Labute approximate surface area is 146 Å². The number of hydrogen-bond acceptors (Lipinski definition) is 4. The van der Waals surface area contributed by atoms with Gasteiger partial charge in [-0.2, -0.15) is 0 Å². The molecule has 134 valence electrons. The molecule has 0 spiro atoms. The molecule has 1 aromatic rings. The fraction of sp³-hybridized carbons (Fsp3) is 0.500. The number of ether oxygens (including phenoxy) is 1. The van der Waals surface area contributed by atoms with Crippen LogP contribution in [0.1, 0.15) is 13.3 Å². The van der Waals surface area contributed by atoms with Gasteiger partial charge in [0.25, 0.3) is 0 Å². The van der Waals surface area contributed by atoms with Crippen LogP contribution in [0.5, 0.6) is 5.75 Å². The number of rotatable bonds is 4. The maximum Gasteiger partial charge on any atom is 0.228 e. The molecule has 2 fully saturated rings. The molecule has 2 atom stereocenters. The number of hydrogen-bond donors (Lipinski definition) is 1. The number of anilines is 1. The first-order chi connectivity index (χ1) is 12.0. The van der Waals surface area contributed by atoms with Gasteiger partial charge in [0.05, 0.1) is 24.6 Å². The van der Waals surface area contributed by atoms with Crippen LogP contribution in [0.2, 0.25) is 0 Å². The number of carbonyl (C=O) groups is 3. The molecule has 1 aliphatic heterocycles. The van der Waals surface area contributed by atoms with Crippen molar-refractivity contribution in [3.05, 3.63) is 24.3 Å². The first-order valence-corrected chi connectivity index (χ1v) is 8.49. The summed E-state index contributed by atoms with van der Waals surface area (Å²) < 4.78 is 5.22. The second-order valence-corrected chi connectivity index (χ2v) is 6.47. The summed E-state index contributed by atoms with van der Waals surface area (Å²) in [7, 11) is 1.55. The zero-order valence-corrected chi connectivity index (χ0v) is 14.5. The number of para-hydroxylation sites is 2. The zero-order valence-electron chi connectivity index (χ0n) is 14.5. The third-order valence-corrected chi connectivity index (χ3v) is 4.85. The summed E-state index contributed by atoms with van der Waals surface area (Å²) in [5.41, 5.74) is 0.614. The molecule has 1 N–H and O–H groups in total. The molecule has 1 heterocycles. The van der Waals surface area contributed by atoms with Crippen LogP contribution in [0.25, 0.3) is 0 Å². The van der Waals surface area contributed by atoms with Gasteiger partial charge in [-0.15, -0.1) is 0 Å². The summed E-state index contributed by atoms with van der Waals surface area (Å²) in [6.07, 6.45) is 0.576. The standard InChI is InChI=1S/C18H23N3O4/c1-12(22)20-7-9-21(10-8-20)18(24)14-11-13(14)17(23)19-15-5-3-4-6-16(15)25-2/h3-6,13-14H,7-11H2,1-2H3,(H,19,23).